The molecule has 112 valence electrons. The number of hydrogen-bond donors (Lipinski definition) is 2. The molecule has 2 N–H and O–H groups in total. The molecule has 20 heavy (non-hydrogen) atoms. The van der Waals surface area contributed by atoms with Crippen LogP contribution in [-0.2, 0) is 14.8 Å². The Labute approximate surface area is 120 Å². The van der Waals surface area contributed by atoms with E-state index < -0.39 is 21.4 Å². The van der Waals surface area contributed by atoms with Gasteiger partial charge in [0, 0.05) is 6.54 Å². The number of aryl methyl sites for hydroxylation is 2. The van der Waals surface area contributed by atoms with Gasteiger partial charge in [0.15, 0.2) is 0 Å². The second kappa shape index (κ2) is 5.93. The summed E-state index contributed by atoms with van der Waals surface area (Å²) < 4.78 is 26.7. The van der Waals surface area contributed by atoms with Crippen molar-refractivity contribution in [2.24, 2.45) is 5.41 Å². The van der Waals surface area contributed by atoms with Crippen molar-refractivity contribution >= 4 is 16.0 Å². The van der Waals surface area contributed by atoms with E-state index in [0.29, 0.717) is 6.42 Å². The topological polar surface area (TPSA) is 83.5 Å². The Hall–Kier alpha value is -1.40. The minimum absolute atomic E-state index is 0.131. The van der Waals surface area contributed by atoms with Crippen LogP contribution in [0, 0.1) is 19.3 Å². The average Bonchev–Trinajstić information content (AvgIpc) is 2.38. The molecule has 1 aromatic carbocycles. The largest absolute Gasteiger partial charge is 0.481 e. The molecular formula is C14H21NO4S. The lowest BCUT2D eigenvalue weighted by Crippen LogP contribution is -2.40. The van der Waals surface area contributed by atoms with Crippen molar-refractivity contribution in [1.29, 1.82) is 0 Å². The van der Waals surface area contributed by atoms with Crippen LogP contribution in [0.25, 0.3) is 0 Å². The van der Waals surface area contributed by atoms with E-state index in [1.807, 2.05) is 13.8 Å². The minimum atomic E-state index is -3.69. The molecule has 0 saturated heterocycles. The average molecular weight is 299 g/mol. The summed E-state index contributed by atoms with van der Waals surface area (Å²) in [7, 11) is -3.69. The van der Waals surface area contributed by atoms with E-state index in [1.54, 1.807) is 19.1 Å². The Kier molecular flexibility index (Phi) is 4.94. The summed E-state index contributed by atoms with van der Waals surface area (Å²) >= 11 is 0. The van der Waals surface area contributed by atoms with Crippen LogP contribution in [0.2, 0.25) is 0 Å². The zero-order valence-electron chi connectivity index (χ0n) is 12.2. The van der Waals surface area contributed by atoms with Crippen LogP contribution in [-0.4, -0.2) is 26.0 Å². The van der Waals surface area contributed by atoms with Crippen LogP contribution in [0.3, 0.4) is 0 Å². The zero-order valence-corrected chi connectivity index (χ0v) is 13.0. The first-order chi connectivity index (χ1) is 9.12. The monoisotopic (exact) mass is 299 g/mol. The first kappa shape index (κ1) is 16.7. The quantitative estimate of drug-likeness (QED) is 0.842. The van der Waals surface area contributed by atoms with Crippen LogP contribution in [0.4, 0.5) is 0 Å². The first-order valence-corrected chi connectivity index (χ1v) is 7.91. The molecule has 0 amide bonds. The fourth-order valence-corrected chi connectivity index (χ4v) is 2.82. The Morgan fingerprint density at radius 1 is 1.30 bits per heavy atom. The van der Waals surface area contributed by atoms with Crippen molar-refractivity contribution in [3.05, 3.63) is 29.3 Å². The fourth-order valence-electron chi connectivity index (χ4n) is 1.57. The maximum atomic E-state index is 12.2. The lowest BCUT2D eigenvalue weighted by molar-refractivity contribution is -0.147. The molecule has 1 atom stereocenters. The number of carbonyl (C=O) groups is 1. The van der Waals surface area contributed by atoms with Crippen LogP contribution >= 0.6 is 0 Å². The zero-order chi connectivity index (χ0) is 15.6. The third-order valence-corrected chi connectivity index (χ3v) is 5.14. The van der Waals surface area contributed by atoms with Crippen LogP contribution in [0.1, 0.15) is 31.4 Å². The molecule has 0 spiro atoms. The van der Waals surface area contributed by atoms with E-state index in [9.17, 15) is 13.2 Å². The van der Waals surface area contributed by atoms with Crippen molar-refractivity contribution in [1.82, 2.24) is 4.72 Å². The predicted octanol–water partition coefficient (Wildman–Crippen LogP) is 2.08. The standard InChI is InChI=1S/C14H21NO4S/c1-5-14(4,13(16)17)9-15-20(18,19)12-7-6-10(2)11(3)8-12/h6-8,15H,5,9H2,1-4H3,(H,16,17). The third kappa shape index (κ3) is 3.58. The molecule has 1 unspecified atom stereocenters. The van der Waals surface area contributed by atoms with Crippen LogP contribution < -0.4 is 4.72 Å². The number of hydrogen-bond acceptors (Lipinski definition) is 3. The molecule has 6 heteroatoms. The molecule has 0 radical (unpaired) electrons. The summed E-state index contributed by atoms with van der Waals surface area (Å²) in [5, 5.41) is 9.15. The highest BCUT2D eigenvalue weighted by atomic mass is 32.2. The van der Waals surface area contributed by atoms with Gasteiger partial charge in [0.2, 0.25) is 10.0 Å². The van der Waals surface area contributed by atoms with Gasteiger partial charge in [-0.15, -0.1) is 0 Å². The van der Waals surface area contributed by atoms with Gasteiger partial charge >= 0.3 is 5.97 Å². The number of aliphatic carboxylic acids is 1. The van der Waals surface area contributed by atoms with Crippen molar-refractivity contribution < 1.29 is 18.3 Å². The third-order valence-electron chi connectivity index (χ3n) is 3.74. The van der Waals surface area contributed by atoms with Gasteiger partial charge in [-0.05, 0) is 50.5 Å². The van der Waals surface area contributed by atoms with Crippen LogP contribution in [0.15, 0.2) is 23.1 Å². The van der Waals surface area contributed by atoms with Crippen molar-refractivity contribution in [3.8, 4) is 0 Å². The lowest BCUT2D eigenvalue weighted by Gasteiger charge is -2.23. The van der Waals surface area contributed by atoms with Gasteiger partial charge in [-0.2, -0.15) is 0 Å². The van der Waals surface area contributed by atoms with E-state index in [-0.39, 0.29) is 11.4 Å². The number of rotatable bonds is 6. The maximum absolute atomic E-state index is 12.2. The first-order valence-electron chi connectivity index (χ1n) is 6.43. The van der Waals surface area contributed by atoms with Gasteiger partial charge in [-0.3, -0.25) is 4.79 Å². The van der Waals surface area contributed by atoms with E-state index in [1.165, 1.54) is 13.0 Å². The highest BCUT2D eigenvalue weighted by molar-refractivity contribution is 7.89. The summed E-state index contributed by atoms with van der Waals surface area (Å²) in [4.78, 5) is 11.3. The predicted molar refractivity (Wildman–Crippen MR) is 77.1 cm³/mol. The molecule has 0 aliphatic rings. The lowest BCUT2D eigenvalue weighted by atomic mass is 9.88. The van der Waals surface area contributed by atoms with Gasteiger partial charge < -0.3 is 5.11 Å². The molecule has 0 aliphatic carbocycles. The summed E-state index contributed by atoms with van der Waals surface area (Å²) in [5.74, 6) is -1.01. The number of carboxylic acid groups (broad SMARTS) is 1. The highest BCUT2D eigenvalue weighted by Gasteiger charge is 2.32. The van der Waals surface area contributed by atoms with E-state index in [2.05, 4.69) is 4.72 Å². The molecule has 0 heterocycles. The second-order valence-corrected chi connectivity index (χ2v) is 7.06. The van der Waals surface area contributed by atoms with Gasteiger partial charge in [0.05, 0.1) is 10.3 Å². The summed E-state index contributed by atoms with van der Waals surface area (Å²) in [6.07, 6.45) is 0.345. The summed E-state index contributed by atoms with van der Waals surface area (Å²) in [6.45, 7) is 6.85. The molecule has 0 bridgehead atoms. The number of sulfonamides is 1. The SMILES string of the molecule is CCC(C)(CNS(=O)(=O)c1ccc(C)c(C)c1)C(=O)O. The molecule has 0 saturated carbocycles. The Morgan fingerprint density at radius 2 is 1.90 bits per heavy atom. The second-order valence-electron chi connectivity index (χ2n) is 5.29. The van der Waals surface area contributed by atoms with Gasteiger partial charge in [0.1, 0.15) is 0 Å². The molecule has 5 nitrogen and oxygen atoms in total. The maximum Gasteiger partial charge on any atom is 0.310 e. The Balaban J connectivity index is 2.96. The normalized spacial score (nSPS) is 14.8. The molecule has 0 fully saturated rings. The summed E-state index contributed by atoms with van der Waals surface area (Å²) in [5.41, 5.74) is 0.782. The highest BCUT2D eigenvalue weighted by Crippen LogP contribution is 2.21. The Bertz CT molecular complexity index is 610. The van der Waals surface area contributed by atoms with Crippen molar-refractivity contribution in [2.75, 3.05) is 6.54 Å². The molecular weight excluding hydrogens is 278 g/mol. The van der Waals surface area contributed by atoms with E-state index >= 15 is 0 Å². The molecule has 1 rings (SSSR count). The van der Waals surface area contributed by atoms with Gasteiger partial charge in [-0.25, -0.2) is 13.1 Å². The molecule has 1 aromatic rings. The van der Waals surface area contributed by atoms with Crippen LogP contribution in [0.5, 0.6) is 0 Å². The number of benzene rings is 1. The van der Waals surface area contributed by atoms with Crippen molar-refractivity contribution in [2.45, 2.75) is 39.0 Å². The smallest absolute Gasteiger partial charge is 0.310 e. The minimum Gasteiger partial charge on any atom is -0.481 e. The summed E-state index contributed by atoms with van der Waals surface area (Å²) in [6, 6.07) is 4.84. The molecule has 0 aliphatic heterocycles. The van der Waals surface area contributed by atoms with Crippen molar-refractivity contribution in [3.63, 3.8) is 0 Å². The van der Waals surface area contributed by atoms with Gasteiger partial charge in [0.25, 0.3) is 0 Å². The number of nitrogens with one attached hydrogen (secondary N) is 1. The Morgan fingerprint density at radius 3 is 2.35 bits per heavy atom. The molecule has 0 aromatic heterocycles. The van der Waals surface area contributed by atoms with E-state index in [4.69, 9.17) is 5.11 Å². The fraction of sp³-hybridized carbons (Fsp3) is 0.500. The van der Waals surface area contributed by atoms with E-state index in [0.717, 1.165) is 11.1 Å². The number of carboxylic acids is 1. The van der Waals surface area contributed by atoms with Gasteiger partial charge in [-0.1, -0.05) is 13.0 Å².